The van der Waals surface area contributed by atoms with Gasteiger partial charge in [-0.1, -0.05) is 0 Å². The topological polar surface area (TPSA) is 64.3 Å². The Bertz CT molecular complexity index is 85.0. The molecule has 4 nitrogen and oxygen atoms in total. The Balaban J connectivity index is 2.83. The lowest BCUT2D eigenvalue weighted by molar-refractivity contribution is -0.119. The highest BCUT2D eigenvalue weighted by atomic mass is 16.6. The molecule has 0 spiro atoms. The molecular weight excluding hydrogens is 120 g/mol. The zero-order valence-electron chi connectivity index (χ0n) is 5.52. The highest BCUT2D eigenvalue weighted by Gasteiger charge is 1.88. The van der Waals surface area contributed by atoms with E-state index in [4.69, 9.17) is 5.90 Å². The molecule has 3 N–H and O–H groups in total. The van der Waals surface area contributed by atoms with Crippen LogP contribution in [0, 0.1) is 0 Å². The van der Waals surface area contributed by atoms with Crippen LogP contribution in [0.5, 0.6) is 0 Å². The molecule has 9 heavy (non-hydrogen) atoms. The first-order chi connectivity index (χ1) is 4.27. The van der Waals surface area contributed by atoms with E-state index in [0.29, 0.717) is 13.2 Å². The fourth-order valence-electron chi connectivity index (χ4n) is 0.420. The van der Waals surface area contributed by atoms with Crippen molar-refractivity contribution in [2.24, 2.45) is 5.90 Å². The minimum atomic E-state index is -0.0213. The Morgan fingerprint density at radius 1 is 1.78 bits per heavy atom. The number of amides is 1. The van der Waals surface area contributed by atoms with Crippen LogP contribution in [0.4, 0.5) is 0 Å². The van der Waals surface area contributed by atoms with Crippen molar-refractivity contribution in [3.8, 4) is 0 Å². The molecular formula is C5H12N2O2. The van der Waals surface area contributed by atoms with Crippen LogP contribution >= 0.6 is 0 Å². The summed E-state index contributed by atoms with van der Waals surface area (Å²) in [5.74, 6) is 4.71. The van der Waals surface area contributed by atoms with Crippen LogP contribution in [0.2, 0.25) is 0 Å². The fourth-order valence-corrected chi connectivity index (χ4v) is 0.420. The van der Waals surface area contributed by atoms with E-state index in [1.165, 1.54) is 6.92 Å². The van der Waals surface area contributed by atoms with Crippen LogP contribution in [0.15, 0.2) is 0 Å². The van der Waals surface area contributed by atoms with Gasteiger partial charge in [-0.2, -0.15) is 0 Å². The maximum atomic E-state index is 10.2. The van der Waals surface area contributed by atoms with E-state index in [0.717, 1.165) is 6.42 Å². The van der Waals surface area contributed by atoms with Crippen molar-refractivity contribution >= 4 is 5.91 Å². The second-order valence-electron chi connectivity index (χ2n) is 1.71. The first kappa shape index (κ1) is 8.39. The first-order valence-corrected chi connectivity index (χ1v) is 2.83. The largest absolute Gasteiger partial charge is 0.356 e. The highest BCUT2D eigenvalue weighted by molar-refractivity contribution is 5.72. The van der Waals surface area contributed by atoms with Crippen molar-refractivity contribution in [1.82, 2.24) is 5.32 Å². The fraction of sp³-hybridized carbons (Fsp3) is 0.800. The van der Waals surface area contributed by atoms with Gasteiger partial charge in [-0.05, 0) is 6.42 Å². The van der Waals surface area contributed by atoms with E-state index in [-0.39, 0.29) is 5.91 Å². The first-order valence-electron chi connectivity index (χ1n) is 2.83. The summed E-state index contributed by atoms with van der Waals surface area (Å²) in [5.41, 5.74) is 0. The van der Waals surface area contributed by atoms with Crippen LogP contribution < -0.4 is 11.2 Å². The smallest absolute Gasteiger partial charge is 0.216 e. The summed E-state index contributed by atoms with van der Waals surface area (Å²) in [6.07, 6.45) is 0.760. The molecule has 1 amide bonds. The van der Waals surface area contributed by atoms with Gasteiger partial charge in [0, 0.05) is 13.5 Å². The second kappa shape index (κ2) is 5.53. The van der Waals surface area contributed by atoms with Crippen LogP contribution in [-0.2, 0) is 9.63 Å². The number of carbonyl (C=O) groups excluding carboxylic acids is 1. The van der Waals surface area contributed by atoms with E-state index < -0.39 is 0 Å². The van der Waals surface area contributed by atoms with Crippen molar-refractivity contribution in [1.29, 1.82) is 0 Å². The molecule has 4 heteroatoms. The molecule has 0 heterocycles. The Labute approximate surface area is 54.3 Å². The van der Waals surface area contributed by atoms with Crippen LogP contribution in [0.3, 0.4) is 0 Å². The predicted octanol–water partition coefficient (Wildman–Crippen LogP) is -0.597. The summed E-state index contributed by atoms with van der Waals surface area (Å²) >= 11 is 0. The molecule has 0 saturated carbocycles. The summed E-state index contributed by atoms with van der Waals surface area (Å²) in [7, 11) is 0. The lowest BCUT2D eigenvalue weighted by Gasteiger charge is -1.98. The van der Waals surface area contributed by atoms with E-state index in [9.17, 15) is 4.79 Å². The van der Waals surface area contributed by atoms with E-state index in [1.54, 1.807) is 0 Å². The lowest BCUT2D eigenvalue weighted by Crippen LogP contribution is -2.22. The Kier molecular flexibility index (Phi) is 5.15. The number of hydrogen-bond acceptors (Lipinski definition) is 3. The minimum Gasteiger partial charge on any atom is -0.356 e. The summed E-state index contributed by atoms with van der Waals surface area (Å²) in [6, 6.07) is 0. The summed E-state index contributed by atoms with van der Waals surface area (Å²) in [5, 5.41) is 2.61. The van der Waals surface area contributed by atoms with Gasteiger partial charge in [0.15, 0.2) is 0 Å². The molecule has 0 aliphatic carbocycles. The van der Waals surface area contributed by atoms with Gasteiger partial charge in [0.1, 0.15) is 0 Å². The number of hydrogen-bond donors (Lipinski definition) is 2. The third-order valence-electron chi connectivity index (χ3n) is 0.813. The van der Waals surface area contributed by atoms with Gasteiger partial charge in [-0.15, -0.1) is 0 Å². The molecule has 0 atom stereocenters. The Hall–Kier alpha value is -0.610. The van der Waals surface area contributed by atoms with Gasteiger partial charge in [0.05, 0.1) is 6.61 Å². The zero-order chi connectivity index (χ0) is 7.11. The minimum absolute atomic E-state index is 0.0213. The van der Waals surface area contributed by atoms with Crippen LogP contribution in [-0.4, -0.2) is 19.1 Å². The van der Waals surface area contributed by atoms with Crippen molar-refractivity contribution in [2.75, 3.05) is 13.2 Å². The highest BCUT2D eigenvalue weighted by Crippen LogP contribution is 1.73. The molecule has 0 aromatic heterocycles. The quantitative estimate of drug-likeness (QED) is 0.396. The van der Waals surface area contributed by atoms with Gasteiger partial charge >= 0.3 is 0 Å². The van der Waals surface area contributed by atoms with Crippen molar-refractivity contribution in [3.63, 3.8) is 0 Å². The summed E-state index contributed by atoms with van der Waals surface area (Å²) < 4.78 is 0. The van der Waals surface area contributed by atoms with Gasteiger partial charge in [0.25, 0.3) is 0 Å². The van der Waals surface area contributed by atoms with Gasteiger partial charge in [-0.3, -0.25) is 4.79 Å². The number of carbonyl (C=O) groups is 1. The molecule has 54 valence electrons. The molecule has 0 aromatic carbocycles. The van der Waals surface area contributed by atoms with Crippen LogP contribution in [0.1, 0.15) is 13.3 Å². The third-order valence-corrected chi connectivity index (χ3v) is 0.813. The van der Waals surface area contributed by atoms with Crippen LogP contribution in [0.25, 0.3) is 0 Å². The van der Waals surface area contributed by atoms with Gasteiger partial charge in [-0.25, -0.2) is 5.90 Å². The zero-order valence-corrected chi connectivity index (χ0v) is 5.52. The standard InChI is InChI=1S/C5H12N2O2/c1-5(8)7-3-2-4-9-6/h2-4,6H2,1H3,(H,7,8). The summed E-state index contributed by atoms with van der Waals surface area (Å²) in [4.78, 5) is 14.5. The Morgan fingerprint density at radius 2 is 2.44 bits per heavy atom. The normalized spacial score (nSPS) is 9.11. The number of nitrogens with two attached hydrogens (primary N) is 1. The maximum absolute atomic E-state index is 10.2. The maximum Gasteiger partial charge on any atom is 0.216 e. The van der Waals surface area contributed by atoms with Crippen molar-refractivity contribution in [2.45, 2.75) is 13.3 Å². The molecule has 0 unspecified atom stereocenters. The molecule has 0 aliphatic heterocycles. The predicted molar refractivity (Wildman–Crippen MR) is 33.4 cm³/mol. The summed E-state index contributed by atoms with van der Waals surface area (Å²) in [6.45, 7) is 2.59. The number of rotatable bonds is 4. The average molecular weight is 132 g/mol. The van der Waals surface area contributed by atoms with Crippen molar-refractivity contribution < 1.29 is 9.63 Å². The van der Waals surface area contributed by atoms with Gasteiger partial charge < -0.3 is 10.2 Å². The molecule has 0 rings (SSSR count). The molecule has 0 aromatic rings. The number of nitrogens with one attached hydrogen (secondary N) is 1. The second-order valence-corrected chi connectivity index (χ2v) is 1.71. The van der Waals surface area contributed by atoms with E-state index in [1.807, 2.05) is 0 Å². The Morgan fingerprint density at radius 3 is 2.89 bits per heavy atom. The van der Waals surface area contributed by atoms with E-state index in [2.05, 4.69) is 10.2 Å². The molecule has 0 aliphatic rings. The monoisotopic (exact) mass is 132 g/mol. The van der Waals surface area contributed by atoms with E-state index >= 15 is 0 Å². The lowest BCUT2D eigenvalue weighted by atomic mass is 10.4. The molecule has 0 fully saturated rings. The molecule has 0 bridgehead atoms. The molecule has 0 saturated heterocycles. The average Bonchev–Trinajstić information content (AvgIpc) is 1.80. The third kappa shape index (κ3) is 7.39. The van der Waals surface area contributed by atoms with Gasteiger partial charge in [0.2, 0.25) is 5.91 Å². The van der Waals surface area contributed by atoms with Crippen molar-refractivity contribution in [3.05, 3.63) is 0 Å². The SMILES string of the molecule is CC(=O)NCCCON. The molecule has 0 radical (unpaired) electrons.